The third kappa shape index (κ3) is 6.70. The first-order valence-corrected chi connectivity index (χ1v) is 11.8. The molecule has 3 rings (SSSR count). The van der Waals surface area contributed by atoms with Gasteiger partial charge in [-0.05, 0) is 96.5 Å². The Bertz CT molecular complexity index is 1150. The van der Waals surface area contributed by atoms with Gasteiger partial charge in [0.25, 0.3) is 0 Å². The minimum atomic E-state index is -0.962. The van der Waals surface area contributed by atoms with Crippen LogP contribution in [-0.4, -0.2) is 23.7 Å². The summed E-state index contributed by atoms with van der Waals surface area (Å²) in [6.45, 7) is 8.60. The maximum Gasteiger partial charge on any atom is 0.343 e. The lowest BCUT2D eigenvalue weighted by molar-refractivity contribution is 0.0694. The molecule has 3 aromatic carbocycles. The van der Waals surface area contributed by atoms with E-state index in [1.54, 1.807) is 48.5 Å². The molecule has 3 aromatic rings. The number of carboxylic acid groups (broad SMARTS) is 1. The zero-order chi connectivity index (χ0) is 24.5. The first kappa shape index (κ1) is 25.0. The lowest BCUT2D eigenvalue weighted by atomic mass is 9.93. The van der Waals surface area contributed by atoms with Crippen molar-refractivity contribution in [3.05, 3.63) is 83.9 Å². The molecule has 0 radical (unpaired) electrons. The summed E-state index contributed by atoms with van der Waals surface area (Å²) in [5, 5.41) is 11.1. The van der Waals surface area contributed by atoms with Crippen molar-refractivity contribution in [1.82, 2.24) is 0 Å². The summed E-state index contributed by atoms with van der Waals surface area (Å²) >= 11 is 0. The summed E-state index contributed by atoms with van der Waals surface area (Å²) in [5.41, 5.74) is 1.65. The lowest BCUT2D eigenvalue weighted by Crippen LogP contribution is -2.09. The summed E-state index contributed by atoms with van der Waals surface area (Å²) in [6, 6.07) is 15.6. The van der Waals surface area contributed by atoms with Crippen LogP contribution in [-0.2, 0) is 6.42 Å². The standard InChI is InChI=1S/C29H32O5/c1-4-6-7-8-15-33-25-13-11-21(12-14-25)29(32)34-26-17-22-9-10-23(28(30)31)19-27(22)24(18-26)16-20(3)5-2/h4,9-14,17-20H,1,5-8,15-16H2,2-3H3,(H,30,31). The van der Waals surface area contributed by atoms with Crippen molar-refractivity contribution in [1.29, 1.82) is 0 Å². The van der Waals surface area contributed by atoms with Crippen LogP contribution in [0.2, 0.25) is 0 Å². The van der Waals surface area contributed by atoms with Crippen LogP contribution in [0.3, 0.4) is 0 Å². The highest BCUT2D eigenvalue weighted by atomic mass is 16.5. The minimum Gasteiger partial charge on any atom is -0.494 e. The molecule has 34 heavy (non-hydrogen) atoms. The molecule has 0 bridgehead atoms. The summed E-state index contributed by atoms with van der Waals surface area (Å²) < 4.78 is 11.4. The molecule has 0 aliphatic rings. The van der Waals surface area contributed by atoms with E-state index in [1.165, 1.54) is 0 Å². The second-order valence-corrected chi connectivity index (χ2v) is 8.59. The first-order chi connectivity index (χ1) is 16.4. The van der Waals surface area contributed by atoms with E-state index in [0.717, 1.165) is 48.4 Å². The quantitative estimate of drug-likeness (QED) is 0.135. The van der Waals surface area contributed by atoms with E-state index in [4.69, 9.17) is 9.47 Å². The van der Waals surface area contributed by atoms with Crippen LogP contribution in [0.15, 0.2) is 67.3 Å². The number of carbonyl (C=O) groups excluding carboxylic acids is 1. The number of rotatable bonds is 12. The van der Waals surface area contributed by atoms with Gasteiger partial charge in [-0.25, -0.2) is 9.59 Å². The van der Waals surface area contributed by atoms with Gasteiger partial charge in [-0.15, -0.1) is 6.58 Å². The van der Waals surface area contributed by atoms with Crippen molar-refractivity contribution in [2.75, 3.05) is 6.61 Å². The van der Waals surface area contributed by atoms with Crippen molar-refractivity contribution in [3.63, 3.8) is 0 Å². The predicted octanol–water partition coefficient (Wildman–Crippen LogP) is 7.08. The third-order valence-electron chi connectivity index (χ3n) is 5.90. The van der Waals surface area contributed by atoms with Crippen LogP contribution in [0.4, 0.5) is 0 Å². The average Bonchev–Trinajstić information content (AvgIpc) is 2.83. The second-order valence-electron chi connectivity index (χ2n) is 8.59. The lowest BCUT2D eigenvalue weighted by Gasteiger charge is -2.14. The molecule has 0 fully saturated rings. The number of hydrogen-bond acceptors (Lipinski definition) is 4. The number of fused-ring (bicyclic) bond motifs is 1. The number of ether oxygens (including phenoxy) is 2. The molecule has 178 valence electrons. The van der Waals surface area contributed by atoms with Gasteiger partial charge in [0.05, 0.1) is 17.7 Å². The molecule has 5 heteroatoms. The Morgan fingerprint density at radius 1 is 1.00 bits per heavy atom. The summed E-state index contributed by atoms with van der Waals surface area (Å²) in [6.07, 6.45) is 6.62. The number of carboxylic acids is 1. The van der Waals surface area contributed by atoms with Crippen molar-refractivity contribution in [2.24, 2.45) is 5.92 Å². The largest absolute Gasteiger partial charge is 0.494 e. The highest BCUT2D eigenvalue weighted by Crippen LogP contribution is 2.30. The predicted molar refractivity (Wildman–Crippen MR) is 135 cm³/mol. The number of benzene rings is 3. The average molecular weight is 461 g/mol. The molecular formula is C29H32O5. The van der Waals surface area contributed by atoms with Crippen LogP contribution < -0.4 is 9.47 Å². The number of aromatic carboxylic acids is 1. The number of esters is 1. The van der Waals surface area contributed by atoms with Gasteiger partial charge in [-0.3, -0.25) is 0 Å². The molecule has 0 saturated carbocycles. The van der Waals surface area contributed by atoms with E-state index >= 15 is 0 Å². The van der Waals surface area contributed by atoms with E-state index in [0.29, 0.717) is 29.6 Å². The van der Waals surface area contributed by atoms with Crippen molar-refractivity contribution >= 4 is 22.7 Å². The molecule has 5 nitrogen and oxygen atoms in total. The summed E-state index contributed by atoms with van der Waals surface area (Å²) in [4.78, 5) is 24.2. The van der Waals surface area contributed by atoms with Gasteiger partial charge in [0.1, 0.15) is 11.5 Å². The highest BCUT2D eigenvalue weighted by Gasteiger charge is 2.14. The molecule has 0 aliphatic heterocycles. The topological polar surface area (TPSA) is 72.8 Å². The SMILES string of the molecule is C=CCCCCOc1ccc(C(=O)Oc2cc(CC(C)CC)c3cc(C(=O)O)ccc3c2)cc1. The number of unbranched alkanes of at least 4 members (excludes halogenated alkanes) is 2. The molecule has 1 atom stereocenters. The summed E-state index contributed by atoms with van der Waals surface area (Å²) in [5.74, 6) is 0.156. The fraction of sp³-hybridized carbons (Fsp3) is 0.310. The highest BCUT2D eigenvalue weighted by molar-refractivity contribution is 5.97. The molecule has 0 amide bonds. The van der Waals surface area contributed by atoms with Gasteiger partial charge >= 0.3 is 11.9 Å². The molecule has 0 spiro atoms. The fourth-order valence-corrected chi connectivity index (χ4v) is 3.72. The van der Waals surface area contributed by atoms with Gasteiger partial charge in [-0.2, -0.15) is 0 Å². The monoisotopic (exact) mass is 460 g/mol. The van der Waals surface area contributed by atoms with Crippen LogP contribution >= 0.6 is 0 Å². The third-order valence-corrected chi connectivity index (χ3v) is 5.90. The molecule has 0 heterocycles. The number of carbonyl (C=O) groups is 2. The second kappa shape index (κ2) is 12.0. The Hall–Kier alpha value is -3.60. The Morgan fingerprint density at radius 2 is 1.74 bits per heavy atom. The number of allylic oxidation sites excluding steroid dienone is 1. The van der Waals surface area contributed by atoms with E-state index in [9.17, 15) is 14.7 Å². The Kier molecular flexibility index (Phi) is 8.86. The van der Waals surface area contributed by atoms with Gasteiger partial charge in [-0.1, -0.05) is 32.4 Å². The normalized spacial score (nSPS) is 11.7. The molecule has 1 N–H and O–H groups in total. The van der Waals surface area contributed by atoms with E-state index in [-0.39, 0.29) is 5.56 Å². The van der Waals surface area contributed by atoms with Crippen molar-refractivity contribution in [2.45, 2.75) is 46.0 Å². The van der Waals surface area contributed by atoms with Gasteiger partial charge in [0.15, 0.2) is 0 Å². The maximum atomic E-state index is 12.8. The van der Waals surface area contributed by atoms with Gasteiger partial charge in [0, 0.05) is 0 Å². The molecular weight excluding hydrogens is 428 g/mol. The van der Waals surface area contributed by atoms with Crippen LogP contribution in [0.1, 0.15) is 65.8 Å². The minimum absolute atomic E-state index is 0.241. The van der Waals surface area contributed by atoms with Crippen LogP contribution in [0.25, 0.3) is 10.8 Å². The van der Waals surface area contributed by atoms with E-state index in [1.807, 2.05) is 12.1 Å². The van der Waals surface area contributed by atoms with Gasteiger partial charge < -0.3 is 14.6 Å². The first-order valence-electron chi connectivity index (χ1n) is 11.8. The fourth-order valence-electron chi connectivity index (χ4n) is 3.72. The van der Waals surface area contributed by atoms with Crippen molar-refractivity contribution < 1.29 is 24.2 Å². The smallest absolute Gasteiger partial charge is 0.343 e. The summed E-state index contributed by atoms with van der Waals surface area (Å²) in [7, 11) is 0. The zero-order valence-corrected chi connectivity index (χ0v) is 19.9. The molecule has 0 aliphatic carbocycles. The maximum absolute atomic E-state index is 12.8. The van der Waals surface area contributed by atoms with Gasteiger partial charge in [0.2, 0.25) is 0 Å². The molecule has 1 unspecified atom stereocenters. The Labute approximate surface area is 201 Å². The van der Waals surface area contributed by atoms with Crippen LogP contribution in [0, 0.1) is 5.92 Å². The number of hydrogen-bond donors (Lipinski definition) is 1. The molecule has 0 aromatic heterocycles. The Balaban J connectivity index is 1.76. The van der Waals surface area contributed by atoms with E-state index in [2.05, 4.69) is 20.4 Å². The zero-order valence-electron chi connectivity index (χ0n) is 19.9. The van der Waals surface area contributed by atoms with Crippen LogP contribution in [0.5, 0.6) is 11.5 Å². The molecule has 0 saturated heterocycles. The van der Waals surface area contributed by atoms with Crippen molar-refractivity contribution in [3.8, 4) is 11.5 Å². The Morgan fingerprint density at radius 3 is 2.41 bits per heavy atom. The van der Waals surface area contributed by atoms with E-state index < -0.39 is 11.9 Å².